The number of anilines is 1. The van der Waals surface area contributed by atoms with Gasteiger partial charge in [-0.15, -0.1) is 0 Å². The third kappa shape index (κ3) is 2.91. The Kier molecular flexibility index (Phi) is 4.60. The number of nitro benzene ring substituents is 1. The van der Waals surface area contributed by atoms with Gasteiger partial charge in [-0.1, -0.05) is 47.1 Å². The molecule has 3 aromatic rings. The van der Waals surface area contributed by atoms with Gasteiger partial charge in [0.25, 0.3) is 11.4 Å². The average molecular weight is 449 g/mol. The summed E-state index contributed by atoms with van der Waals surface area (Å²) in [6.45, 7) is -0.0203. The summed E-state index contributed by atoms with van der Waals surface area (Å²) in [6.07, 6.45) is 0. The van der Waals surface area contributed by atoms with Crippen LogP contribution in [0.1, 0.15) is 16.7 Å². The van der Waals surface area contributed by atoms with Gasteiger partial charge in [0, 0.05) is 40.9 Å². The Morgan fingerprint density at radius 2 is 1.81 bits per heavy atom. The molecule has 0 fully saturated rings. The van der Waals surface area contributed by atoms with E-state index in [1.54, 1.807) is 47.2 Å². The molecular weight excluding hydrogens is 432 g/mol. The predicted octanol–water partition coefficient (Wildman–Crippen LogP) is 4.12. The molecule has 0 radical (unpaired) electrons. The van der Waals surface area contributed by atoms with Crippen LogP contribution < -0.4 is 4.90 Å². The van der Waals surface area contributed by atoms with Crippen LogP contribution in [0.4, 0.5) is 11.4 Å². The van der Waals surface area contributed by atoms with Gasteiger partial charge in [-0.25, -0.2) is 0 Å². The Balaban J connectivity index is 1.73. The van der Waals surface area contributed by atoms with Crippen LogP contribution in [0.15, 0.2) is 78.0 Å². The number of benzene rings is 3. The molecule has 0 saturated carbocycles. The third-order valence-corrected chi connectivity index (χ3v) is 5.99. The van der Waals surface area contributed by atoms with Gasteiger partial charge in [0.2, 0.25) is 5.91 Å². The van der Waals surface area contributed by atoms with E-state index >= 15 is 0 Å². The molecule has 2 aliphatic heterocycles. The predicted molar refractivity (Wildman–Crippen MR) is 120 cm³/mol. The van der Waals surface area contributed by atoms with Crippen molar-refractivity contribution in [2.24, 2.45) is 5.16 Å². The minimum atomic E-state index is -1.24. The van der Waals surface area contributed by atoms with Gasteiger partial charge in [-0.2, -0.15) is 0 Å². The lowest BCUT2D eigenvalue weighted by molar-refractivity contribution is -0.384. The van der Waals surface area contributed by atoms with E-state index in [9.17, 15) is 14.9 Å². The minimum Gasteiger partial charge on any atom is -0.355 e. The van der Waals surface area contributed by atoms with E-state index < -0.39 is 10.6 Å². The van der Waals surface area contributed by atoms with Crippen LogP contribution in [0.25, 0.3) is 0 Å². The quantitative estimate of drug-likeness (QED) is 0.444. The normalized spacial score (nSPS) is 19.6. The summed E-state index contributed by atoms with van der Waals surface area (Å²) in [5.41, 5.74) is 1.42. The summed E-state index contributed by atoms with van der Waals surface area (Å²) in [7, 11) is 1.71. The molecule has 0 aliphatic carbocycles. The third-order valence-electron chi connectivity index (χ3n) is 5.75. The molecule has 1 unspecified atom stereocenters. The second-order valence-corrected chi connectivity index (χ2v) is 7.96. The molecule has 0 bridgehead atoms. The van der Waals surface area contributed by atoms with Crippen molar-refractivity contribution < 1.29 is 14.6 Å². The fourth-order valence-corrected chi connectivity index (χ4v) is 4.33. The van der Waals surface area contributed by atoms with Crippen molar-refractivity contribution in [2.45, 2.75) is 5.72 Å². The van der Waals surface area contributed by atoms with E-state index in [1.165, 1.54) is 12.1 Å². The molecule has 0 aromatic heterocycles. The number of amides is 1. The average Bonchev–Trinajstić information content (AvgIpc) is 3.15. The molecule has 1 amide bonds. The molecule has 8 nitrogen and oxygen atoms in total. The van der Waals surface area contributed by atoms with Crippen molar-refractivity contribution in [1.82, 2.24) is 4.90 Å². The van der Waals surface area contributed by atoms with Crippen LogP contribution in [0, 0.1) is 10.1 Å². The van der Waals surface area contributed by atoms with E-state index in [1.807, 2.05) is 30.3 Å². The maximum absolute atomic E-state index is 13.1. The number of likely N-dealkylation sites (N-methyl/N-ethyl adjacent to an activating group) is 1. The maximum atomic E-state index is 13.1. The highest BCUT2D eigenvalue weighted by molar-refractivity contribution is 6.30. The van der Waals surface area contributed by atoms with Gasteiger partial charge in [-0.05, 0) is 30.3 Å². The fourth-order valence-electron chi connectivity index (χ4n) is 4.15. The molecule has 1 atom stereocenters. The molecule has 2 aliphatic rings. The monoisotopic (exact) mass is 448 g/mol. The Morgan fingerprint density at radius 1 is 1.09 bits per heavy atom. The number of halogens is 1. The smallest absolute Gasteiger partial charge is 0.269 e. The van der Waals surface area contributed by atoms with E-state index in [0.717, 1.165) is 5.56 Å². The first kappa shape index (κ1) is 20.0. The minimum absolute atomic E-state index is 0.0203. The molecule has 32 heavy (non-hydrogen) atoms. The van der Waals surface area contributed by atoms with E-state index in [2.05, 4.69) is 5.16 Å². The van der Waals surface area contributed by atoms with E-state index in [0.29, 0.717) is 27.7 Å². The number of carbonyl (C=O) groups is 1. The van der Waals surface area contributed by atoms with Crippen molar-refractivity contribution >= 4 is 34.7 Å². The topological polar surface area (TPSA) is 88.3 Å². The van der Waals surface area contributed by atoms with Crippen molar-refractivity contribution in [2.75, 3.05) is 18.5 Å². The molecule has 5 rings (SSSR count). The first-order valence-electron chi connectivity index (χ1n) is 9.82. The van der Waals surface area contributed by atoms with Crippen molar-refractivity contribution in [3.63, 3.8) is 0 Å². The van der Waals surface area contributed by atoms with Gasteiger partial charge in [-0.3, -0.25) is 19.8 Å². The van der Waals surface area contributed by atoms with Gasteiger partial charge >= 0.3 is 0 Å². The summed E-state index contributed by atoms with van der Waals surface area (Å²) in [4.78, 5) is 33.3. The molecule has 0 spiro atoms. The first-order chi connectivity index (χ1) is 15.4. The highest BCUT2D eigenvalue weighted by Crippen LogP contribution is 2.48. The molecule has 2 heterocycles. The Morgan fingerprint density at radius 3 is 2.50 bits per heavy atom. The van der Waals surface area contributed by atoms with Crippen LogP contribution in [0.5, 0.6) is 0 Å². The molecular formula is C23H17ClN4O4. The van der Waals surface area contributed by atoms with E-state index in [4.69, 9.17) is 16.4 Å². The maximum Gasteiger partial charge on any atom is 0.269 e. The van der Waals surface area contributed by atoms with Crippen LogP contribution in [-0.4, -0.2) is 35.2 Å². The number of rotatable bonds is 3. The zero-order valence-electron chi connectivity index (χ0n) is 16.9. The number of carbonyl (C=O) groups excluding carboxylic acids is 1. The molecule has 9 heteroatoms. The zero-order chi connectivity index (χ0) is 22.5. The second kappa shape index (κ2) is 7.35. The number of fused-ring (bicyclic) bond motifs is 3. The highest BCUT2D eigenvalue weighted by Gasteiger charge is 2.54. The van der Waals surface area contributed by atoms with Gasteiger partial charge in [0.05, 0.1) is 10.6 Å². The number of non-ortho nitro benzene ring substituents is 1. The van der Waals surface area contributed by atoms with Crippen LogP contribution in [-0.2, 0) is 15.4 Å². The summed E-state index contributed by atoms with van der Waals surface area (Å²) in [5, 5.41) is 15.9. The number of nitrogens with zero attached hydrogens (tertiary/aromatic N) is 4. The number of nitro groups is 1. The van der Waals surface area contributed by atoms with Crippen LogP contribution in [0.2, 0.25) is 5.02 Å². The fraction of sp³-hybridized carbons (Fsp3) is 0.130. The van der Waals surface area contributed by atoms with Crippen molar-refractivity contribution in [3.8, 4) is 0 Å². The summed E-state index contributed by atoms with van der Waals surface area (Å²) in [5.74, 6) is 0.241. The summed E-state index contributed by atoms with van der Waals surface area (Å²) < 4.78 is 0. The SMILES string of the molecule is CN1C(=O)CN2C(c3ccc([N+](=O)[O-])cc3)=NOC2(c2ccccc2)c2cc(Cl)ccc21. The Labute approximate surface area is 188 Å². The lowest BCUT2D eigenvalue weighted by atomic mass is 9.91. The van der Waals surface area contributed by atoms with Gasteiger partial charge in [0.1, 0.15) is 6.54 Å². The van der Waals surface area contributed by atoms with Crippen molar-refractivity contribution in [1.29, 1.82) is 0 Å². The lowest BCUT2D eigenvalue weighted by Crippen LogP contribution is -2.49. The molecule has 0 saturated heterocycles. The second-order valence-electron chi connectivity index (χ2n) is 7.52. The van der Waals surface area contributed by atoms with Gasteiger partial charge < -0.3 is 9.74 Å². The van der Waals surface area contributed by atoms with Gasteiger partial charge in [0.15, 0.2) is 5.84 Å². The number of hydrogen-bond donors (Lipinski definition) is 0. The Bertz CT molecular complexity index is 1260. The number of amidine groups is 1. The first-order valence-corrected chi connectivity index (χ1v) is 10.2. The zero-order valence-corrected chi connectivity index (χ0v) is 17.7. The van der Waals surface area contributed by atoms with E-state index in [-0.39, 0.29) is 18.1 Å². The highest BCUT2D eigenvalue weighted by atomic mass is 35.5. The number of hydrogen-bond acceptors (Lipinski definition) is 6. The lowest BCUT2D eigenvalue weighted by Gasteiger charge is -2.36. The molecule has 0 N–H and O–H groups in total. The summed E-state index contributed by atoms with van der Waals surface area (Å²) in [6, 6.07) is 20.8. The molecule has 160 valence electrons. The molecule has 3 aromatic carbocycles. The van der Waals surface area contributed by atoms with Crippen LogP contribution in [0.3, 0.4) is 0 Å². The van der Waals surface area contributed by atoms with Crippen LogP contribution >= 0.6 is 11.6 Å². The Hall–Kier alpha value is -3.91. The largest absolute Gasteiger partial charge is 0.355 e. The van der Waals surface area contributed by atoms with Crippen molar-refractivity contribution in [3.05, 3.63) is 105 Å². The number of oxime groups is 1. The summed E-state index contributed by atoms with van der Waals surface area (Å²) >= 11 is 6.38. The standard InChI is InChI=1S/C23H17ClN4O4/c1-26-20-12-9-17(24)13-19(20)23(16-5-3-2-4-6-16)27(14-21(26)29)22(25-32-23)15-7-10-18(11-8-15)28(30)31/h2-13H,14H2,1H3.